The summed E-state index contributed by atoms with van der Waals surface area (Å²) in [5.41, 5.74) is 24.6. The summed E-state index contributed by atoms with van der Waals surface area (Å²) in [5.74, 6) is 36.3. The maximum Gasteiger partial charge on any atom is -0.00502 e. The molecule has 0 bridgehead atoms. The molecule has 0 nitrogen and oxygen atoms in total. The first-order chi connectivity index (χ1) is 25.9. The first kappa shape index (κ1) is 17.9. The van der Waals surface area contributed by atoms with E-state index < -0.39 is 0 Å². The Kier molecular flexibility index (Phi) is 0.957. The molecule has 0 heterocycles. The normalized spacial score (nSPS) is 137. The molecular formula is C52H34. The van der Waals surface area contributed by atoms with Crippen molar-refractivity contribution >= 4 is 0 Å². The number of hydrogen-bond donors (Lipinski definition) is 0. The quantitative estimate of drug-likeness (QED) is 0.353. The highest BCUT2D eigenvalue weighted by atomic mass is 15.6. The van der Waals surface area contributed by atoms with Crippen molar-refractivity contribution in [1.29, 1.82) is 0 Å². The van der Waals surface area contributed by atoms with Gasteiger partial charge in [-0.3, -0.25) is 0 Å². The van der Waals surface area contributed by atoms with Crippen LogP contribution in [0.2, 0.25) is 0 Å². The van der Waals surface area contributed by atoms with Gasteiger partial charge in [0.2, 0.25) is 0 Å². The summed E-state index contributed by atoms with van der Waals surface area (Å²) in [7, 11) is 0. The molecule has 0 aliphatic heterocycles. The SMILES string of the molecule is C1C2C3CC4C5C6C7C8C9C%10C%11C%12C%13[C@H]%14C[C@H]%15[C@H]%16C[C@H]%17C%18C%19C%20C%21C%22C%23C%24C%25C%26C1C21C34C52C%261C%251C62C72C%241C%231C82C92C%221C%211C%102C%112C%201C%191C%122C%132C%181[C@]%16%17[C@@]%14%152. The Balaban J connectivity index is 0.742. The van der Waals surface area contributed by atoms with Gasteiger partial charge in [0.25, 0.3) is 0 Å². The number of fused-ring (bicyclic) bond motifs is 22. The molecule has 0 heteroatoms. The molecule has 22 spiro atoms. The molecule has 36 aliphatic carbocycles. The minimum Gasteiger partial charge on any atom is -0.0458 e. The van der Waals surface area contributed by atoms with E-state index in [4.69, 9.17) is 0 Å². The molecule has 36 rings (SSSR count). The minimum atomic E-state index is 1.10. The molecule has 0 aromatic rings. The third-order valence-corrected chi connectivity index (χ3v) is 44.1. The van der Waals surface area contributed by atoms with E-state index in [1.807, 2.05) is 25.7 Å². The molecule has 0 aromatic heterocycles. The van der Waals surface area contributed by atoms with Crippen LogP contribution < -0.4 is 0 Å². The van der Waals surface area contributed by atoms with Crippen molar-refractivity contribution in [2.45, 2.75) is 25.7 Å². The zero-order chi connectivity index (χ0) is 28.8. The van der Waals surface area contributed by atoms with E-state index in [2.05, 4.69) is 0 Å². The second-order valence-electron chi connectivity index (χ2n) is 33.3. The monoisotopic (exact) mass is 658 g/mol. The Labute approximate surface area is 297 Å². The van der Waals surface area contributed by atoms with E-state index in [9.17, 15) is 0 Å². The first-order valence-corrected chi connectivity index (χ1v) is 25.9. The van der Waals surface area contributed by atoms with Crippen molar-refractivity contribution in [2.75, 3.05) is 0 Å². The summed E-state index contributed by atoms with van der Waals surface area (Å²) >= 11 is 0. The molecule has 36 fully saturated rings. The first-order valence-electron chi connectivity index (χ1n) is 25.9. The maximum atomic E-state index is 1.82. The van der Waals surface area contributed by atoms with Crippen LogP contribution in [0.25, 0.3) is 0 Å². The number of hydrogen-bond acceptors (Lipinski definition) is 0. The van der Waals surface area contributed by atoms with Crippen molar-refractivity contribution in [1.82, 2.24) is 0 Å². The third-order valence-electron chi connectivity index (χ3n) is 44.1. The average Bonchev–Trinajstić information content (AvgIpc) is 2.99. The van der Waals surface area contributed by atoms with Gasteiger partial charge >= 0.3 is 0 Å². The predicted molar refractivity (Wildman–Crippen MR) is 163 cm³/mol. The highest BCUT2D eigenvalue weighted by Crippen LogP contribution is 3.61. The Hall–Kier alpha value is 0. The fraction of sp³-hybridized carbons (Fsp3) is 1.00. The van der Waals surface area contributed by atoms with Crippen LogP contribution in [0.1, 0.15) is 25.7 Å². The van der Waals surface area contributed by atoms with Gasteiger partial charge < -0.3 is 0 Å². The molecule has 0 amide bonds. The van der Waals surface area contributed by atoms with Crippen LogP contribution in [-0.4, -0.2) is 0 Å². The lowest BCUT2D eigenvalue weighted by molar-refractivity contribution is -1.13. The van der Waals surface area contributed by atoms with Crippen LogP contribution in [0, 0.1) is 273 Å². The fourth-order valence-corrected chi connectivity index (χ4v) is 55.2. The third kappa shape index (κ3) is 0.413. The summed E-state index contributed by atoms with van der Waals surface area (Å²) in [4.78, 5) is 0. The van der Waals surface area contributed by atoms with Crippen molar-refractivity contribution in [3.63, 3.8) is 0 Å². The van der Waals surface area contributed by atoms with Crippen LogP contribution in [0.4, 0.5) is 0 Å². The molecule has 48 atom stereocenters. The smallest absolute Gasteiger partial charge is 0.00502 e. The topological polar surface area (TPSA) is 0 Å². The lowest BCUT2D eigenvalue weighted by Gasteiger charge is -3.58. The van der Waals surface area contributed by atoms with E-state index >= 15 is 0 Å². The van der Waals surface area contributed by atoms with Gasteiger partial charge in [-0.25, -0.2) is 0 Å². The molecule has 0 saturated heterocycles. The lowest BCUT2D eigenvalue weighted by atomic mass is 8.45. The van der Waals surface area contributed by atoms with E-state index in [1.165, 1.54) is 154 Å². The van der Waals surface area contributed by atoms with Gasteiger partial charge in [0.1, 0.15) is 0 Å². The van der Waals surface area contributed by atoms with Crippen LogP contribution in [0.3, 0.4) is 0 Å². The van der Waals surface area contributed by atoms with Gasteiger partial charge in [-0.05, 0) is 299 Å². The van der Waals surface area contributed by atoms with E-state index in [0.29, 0.717) is 0 Å². The average molecular weight is 659 g/mol. The zero-order valence-electron chi connectivity index (χ0n) is 28.8. The van der Waals surface area contributed by atoms with Gasteiger partial charge in [0.05, 0.1) is 0 Å². The molecule has 0 N–H and O–H groups in total. The van der Waals surface area contributed by atoms with Crippen LogP contribution in [0.15, 0.2) is 0 Å². The van der Waals surface area contributed by atoms with Crippen molar-refractivity contribution < 1.29 is 0 Å². The molecule has 52 heavy (non-hydrogen) atoms. The van der Waals surface area contributed by atoms with Gasteiger partial charge in [-0.1, -0.05) is 0 Å². The highest BCUT2D eigenvalue weighted by molar-refractivity contribution is 6.04. The Morgan fingerprint density at radius 1 is 0.154 bits per heavy atom. The van der Waals surface area contributed by atoms with Gasteiger partial charge in [0.15, 0.2) is 0 Å². The van der Waals surface area contributed by atoms with E-state index in [0.717, 1.165) is 119 Å². The molecule has 242 valence electrons. The Morgan fingerprint density at radius 2 is 0.308 bits per heavy atom. The summed E-state index contributed by atoms with van der Waals surface area (Å²) in [6.07, 6.45) is 7.26. The van der Waals surface area contributed by atoms with Crippen LogP contribution >= 0.6 is 0 Å². The summed E-state index contributed by atoms with van der Waals surface area (Å²) in [6.45, 7) is 0. The van der Waals surface area contributed by atoms with Crippen LogP contribution in [-0.2, 0) is 0 Å². The van der Waals surface area contributed by atoms with E-state index in [-0.39, 0.29) is 0 Å². The van der Waals surface area contributed by atoms with Crippen molar-refractivity contribution in [3.8, 4) is 0 Å². The molecule has 42 unspecified atom stereocenters. The second kappa shape index (κ2) is 2.78. The summed E-state index contributed by atoms with van der Waals surface area (Å²) in [5, 5.41) is 0. The van der Waals surface area contributed by atoms with Crippen molar-refractivity contribution in [3.05, 3.63) is 0 Å². The molecule has 36 saturated carbocycles. The minimum absolute atomic E-state index is 1.10. The predicted octanol–water partition coefficient (Wildman–Crippen LogP) is 4.76. The van der Waals surface area contributed by atoms with Crippen LogP contribution in [0.5, 0.6) is 0 Å². The van der Waals surface area contributed by atoms with Gasteiger partial charge in [-0.15, -0.1) is 0 Å². The van der Waals surface area contributed by atoms with Gasteiger partial charge in [0, 0.05) is 0 Å². The van der Waals surface area contributed by atoms with E-state index in [1.54, 1.807) is 0 Å². The number of rotatable bonds is 0. The second-order valence-corrected chi connectivity index (χ2v) is 33.3. The zero-order valence-corrected chi connectivity index (χ0v) is 28.8. The fourth-order valence-electron chi connectivity index (χ4n) is 55.2. The lowest BCUT2D eigenvalue weighted by Crippen LogP contribution is -3.56. The molecule has 0 aromatic carbocycles. The largest absolute Gasteiger partial charge is 0.0458 e. The van der Waals surface area contributed by atoms with Crippen molar-refractivity contribution in [2.24, 2.45) is 273 Å². The molecule has 36 aliphatic rings. The standard InChI is InChI=1S/C52H34/c1-5-6-2-10-14-18-22-27-30-28-24-20-16-12-4-8-7-3-11-15-19-23-26-29-25-21-17-13-9(1)31(5)32(6,10)36(14)35(13,31)39(17)40(18,36)44(22)43(21,39)47(25)48(27,44)52(30)50(28)46(24)42(20)38(16)34(8,12)33(7,11)37(15,38)41(19,42)45(23,46)49(26,50)51(29,47)52/h5-30H,1-4H2/t5-,6+,7?,8?,9+,10-,11?,12?,13?,14?,15?,16?,17?,18?,19?,20?,21?,22?,23?,24?,25?,26?,27?,28?,29?,30?,31-,32+,33?,34?,35?,36?,37?,38?,39?,40?,41?,42?,43?,44?,45?,46?,47?,48?,49?,50?,51?,52?. The summed E-state index contributed by atoms with van der Waals surface area (Å²) < 4.78 is 0. The molecular weight excluding hydrogens is 625 g/mol. The van der Waals surface area contributed by atoms with Gasteiger partial charge in [-0.2, -0.15) is 0 Å². The summed E-state index contributed by atoms with van der Waals surface area (Å²) in [6, 6.07) is 0. The Bertz CT molecular complexity index is 2890. The Morgan fingerprint density at radius 3 is 0.500 bits per heavy atom. The highest BCUT2D eigenvalue weighted by Gasteiger charge is 3.59. The maximum absolute atomic E-state index is 1.82. The molecule has 0 radical (unpaired) electrons.